The number of hydrogen-bond acceptors (Lipinski definition) is 4. The van der Waals surface area contributed by atoms with Gasteiger partial charge in [0.1, 0.15) is 0 Å². The monoisotopic (exact) mass is 336 g/mol. The summed E-state index contributed by atoms with van der Waals surface area (Å²) >= 11 is 1.60. The van der Waals surface area contributed by atoms with E-state index in [2.05, 4.69) is 10.0 Å². The summed E-state index contributed by atoms with van der Waals surface area (Å²) in [6.45, 7) is 2.00. The first-order valence-corrected chi connectivity index (χ1v) is 8.80. The molecule has 0 radical (unpaired) electrons. The van der Waals surface area contributed by atoms with E-state index >= 15 is 0 Å². The van der Waals surface area contributed by atoms with Gasteiger partial charge in [-0.2, -0.15) is 0 Å². The molecule has 0 spiro atoms. The molecular weight excluding hydrogens is 320 g/mol. The summed E-state index contributed by atoms with van der Waals surface area (Å²) in [5, 5.41) is 2.68. The third-order valence-corrected chi connectivity index (χ3v) is 5.26. The van der Waals surface area contributed by atoms with Crippen molar-refractivity contribution in [1.29, 1.82) is 0 Å². The van der Waals surface area contributed by atoms with Crippen molar-refractivity contribution in [2.24, 2.45) is 0 Å². The first-order valence-electron chi connectivity index (χ1n) is 6.50. The van der Waals surface area contributed by atoms with E-state index in [0.29, 0.717) is 5.69 Å². The Morgan fingerprint density at radius 3 is 2.36 bits per heavy atom. The van der Waals surface area contributed by atoms with E-state index < -0.39 is 10.0 Å². The number of benzene rings is 1. The van der Waals surface area contributed by atoms with Crippen LogP contribution in [0.15, 0.2) is 47.4 Å². The van der Waals surface area contributed by atoms with Crippen molar-refractivity contribution in [1.82, 2.24) is 4.72 Å². The van der Waals surface area contributed by atoms with Crippen LogP contribution in [0.4, 0.5) is 5.69 Å². The second-order valence-electron chi connectivity index (χ2n) is 4.50. The highest BCUT2D eigenvalue weighted by Gasteiger charge is 2.10. The summed E-state index contributed by atoms with van der Waals surface area (Å²) in [6, 6.07) is 9.91. The molecule has 7 heteroatoms. The fraction of sp³-hybridized carbons (Fsp3) is 0.133. The minimum atomic E-state index is -3.46. The normalized spacial score (nSPS) is 11.7. The predicted molar refractivity (Wildman–Crippen MR) is 89.4 cm³/mol. The van der Waals surface area contributed by atoms with Crippen LogP contribution in [0.2, 0.25) is 0 Å². The van der Waals surface area contributed by atoms with E-state index in [1.807, 2.05) is 19.1 Å². The molecule has 0 aliphatic carbocycles. The largest absolute Gasteiger partial charge is 0.323 e. The Morgan fingerprint density at radius 1 is 1.14 bits per heavy atom. The Hall–Kier alpha value is -1.96. The molecular formula is C15H16N2O3S2. The number of aryl methyl sites for hydroxylation is 1. The third kappa shape index (κ3) is 4.27. The zero-order valence-corrected chi connectivity index (χ0v) is 13.8. The molecule has 2 aromatic rings. The zero-order valence-electron chi connectivity index (χ0n) is 12.2. The Kier molecular flexibility index (Phi) is 5.12. The van der Waals surface area contributed by atoms with E-state index in [4.69, 9.17) is 0 Å². The molecule has 2 rings (SSSR count). The van der Waals surface area contributed by atoms with E-state index in [1.165, 1.54) is 30.1 Å². The van der Waals surface area contributed by atoms with Crippen molar-refractivity contribution in [3.63, 3.8) is 0 Å². The Labute approximate surface area is 133 Å². The molecule has 22 heavy (non-hydrogen) atoms. The fourth-order valence-electron chi connectivity index (χ4n) is 1.72. The Bertz CT molecular complexity index is 790. The van der Waals surface area contributed by atoms with Crippen molar-refractivity contribution >= 4 is 39.0 Å². The van der Waals surface area contributed by atoms with Crippen molar-refractivity contribution in [3.8, 4) is 0 Å². The highest BCUT2D eigenvalue weighted by molar-refractivity contribution is 7.89. The molecule has 2 N–H and O–H groups in total. The lowest BCUT2D eigenvalue weighted by atomic mass is 10.3. The van der Waals surface area contributed by atoms with Crippen molar-refractivity contribution < 1.29 is 13.2 Å². The zero-order chi connectivity index (χ0) is 16.2. The van der Waals surface area contributed by atoms with Gasteiger partial charge in [0.2, 0.25) is 15.9 Å². The predicted octanol–water partition coefficient (Wildman–Crippen LogP) is 2.62. The molecule has 1 aromatic heterocycles. The van der Waals surface area contributed by atoms with Crippen LogP contribution in [0.5, 0.6) is 0 Å². The van der Waals surface area contributed by atoms with Crippen LogP contribution in [0, 0.1) is 6.92 Å². The first-order chi connectivity index (χ1) is 10.4. The van der Waals surface area contributed by atoms with Crippen molar-refractivity contribution in [2.45, 2.75) is 11.8 Å². The molecule has 5 nitrogen and oxygen atoms in total. The highest BCUT2D eigenvalue weighted by atomic mass is 32.2. The van der Waals surface area contributed by atoms with Gasteiger partial charge in [-0.15, -0.1) is 11.3 Å². The van der Waals surface area contributed by atoms with Gasteiger partial charge >= 0.3 is 0 Å². The average Bonchev–Trinajstić information content (AvgIpc) is 2.91. The van der Waals surface area contributed by atoms with Crippen LogP contribution >= 0.6 is 11.3 Å². The summed E-state index contributed by atoms with van der Waals surface area (Å²) < 4.78 is 25.4. The SMILES string of the molecule is CNS(=O)(=O)c1ccc(NC(=O)/C=C/c2ccc(C)s2)cc1. The number of rotatable bonds is 5. The van der Waals surface area contributed by atoms with Gasteiger partial charge < -0.3 is 5.32 Å². The number of carbonyl (C=O) groups is 1. The van der Waals surface area contributed by atoms with Crippen LogP contribution in [0.3, 0.4) is 0 Å². The second-order valence-corrected chi connectivity index (χ2v) is 7.71. The number of nitrogens with one attached hydrogen (secondary N) is 2. The summed E-state index contributed by atoms with van der Waals surface area (Å²) in [5.41, 5.74) is 0.534. The number of anilines is 1. The van der Waals surface area contributed by atoms with Gasteiger partial charge in [-0.05, 0) is 56.4 Å². The molecule has 1 aromatic carbocycles. The Morgan fingerprint density at radius 2 is 1.82 bits per heavy atom. The number of carbonyl (C=O) groups excluding carboxylic acids is 1. The summed E-state index contributed by atoms with van der Waals surface area (Å²) in [5.74, 6) is -0.268. The van der Waals surface area contributed by atoms with Gasteiger partial charge in [-0.1, -0.05) is 0 Å². The van der Waals surface area contributed by atoms with Gasteiger partial charge in [0.05, 0.1) is 4.90 Å². The standard InChI is InChI=1S/C15H16N2O3S2/c1-11-3-6-13(21-11)7-10-15(18)17-12-4-8-14(9-5-12)22(19,20)16-2/h3-10,16H,1-2H3,(H,17,18)/b10-7+. The van der Waals surface area contributed by atoms with Gasteiger partial charge in [0, 0.05) is 21.5 Å². The summed E-state index contributed by atoms with van der Waals surface area (Å²) in [6.07, 6.45) is 3.19. The van der Waals surface area contributed by atoms with Crippen LogP contribution in [-0.2, 0) is 14.8 Å². The average molecular weight is 336 g/mol. The Balaban J connectivity index is 2.01. The molecule has 0 bridgehead atoms. The van der Waals surface area contributed by atoms with Gasteiger partial charge in [0.15, 0.2) is 0 Å². The number of amides is 1. The van der Waals surface area contributed by atoms with Crippen LogP contribution in [-0.4, -0.2) is 21.4 Å². The number of hydrogen-bond donors (Lipinski definition) is 2. The van der Waals surface area contributed by atoms with E-state index in [1.54, 1.807) is 29.5 Å². The molecule has 0 saturated heterocycles. The summed E-state index contributed by atoms with van der Waals surface area (Å²) in [7, 11) is -2.11. The van der Waals surface area contributed by atoms with Gasteiger partial charge in [0.25, 0.3) is 0 Å². The van der Waals surface area contributed by atoms with E-state index in [0.717, 1.165) is 4.88 Å². The molecule has 0 saturated carbocycles. The third-order valence-electron chi connectivity index (χ3n) is 2.86. The minimum absolute atomic E-state index is 0.151. The number of thiophene rings is 1. The minimum Gasteiger partial charge on any atom is -0.323 e. The van der Waals surface area contributed by atoms with Gasteiger partial charge in [-0.25, -0.2) is 13.1 Å². The maximum absolute atomic E-state index is 11.8. The molecule has 0 aliphatic heterocycles. The molecule has 0 unspecified atom stereocenters. The second kappa shape index (κ2) is 6.87. The molecule has 0 fully saturated rings. The first kappa shape index (κ1) is 16.4. The lowest BCUT2D eigenvalue weighted by Crippen LogP contribution is -2.18. The lowest BCUT2D eigenvalue weighted by Gasteiger charge is -2.05. The quantitative estimate of drug-likeness (QED) is 0.824. The molecule has 0 atom stereocenters. The molecule has 1 amide bonds. The van der Waals surface area contributed by atoms with E-state index in [9.17, 15) is 13.2 Å². The maximum atomic E-state index is 11.8. The lowest BCUT2D eigenvalue weighted by molar-refractivity contribution is -0.111. The van der Waals surface area contributed by atoms with Crippen molar-refractivity contribution in [3.05, 3.63) is 52.2 Å². The van der Waals surface area contributed by atoms with Crippen LogP contribution in [0.1, 0.15) is 9.75 Å². The number of sulfonamides is 1. The smallest absolute Gasteiger partial charge is 0.248 e. The fourth-order valence-corrected chi connectivity index (χ4v) is 3.23. The van der Waals surface area contributed by atoms with Crippen molar-refractivity contribution in [2.75, 3.05) is 12.4 Å². The molecule has 0 aliphatic rings. The maximum Gasteiger partial charge on any atom is 0.248 e. The van der Waals surface area contributed by atoms with Crippen LogP contribution < -0.4 is 10.0 Å². The topological polar surface area (TPSA) is 75.3 Å². The highest BCUT2D eigenvalue weighted by Crippen LogP contribution is 2.17. The summed E-state index contributed by atoms with van der Waals surface area (Å²) in [4.78, 5) is 14.1. The molecule has 116 valence electrons. The van der Waals surface area contributed by atoms with E-state index in [-0.39, 0.29) is 10.8 Å². The van der Waals surface area contributed by atoms with Gasteiger partial charge in [-0.3, -0.25) is 4.79 Å². The van der Waals surface area contributed by atoms with Crippen LogP contribution in [0.25, 0.3) is 6.08 Å². The molecule has 1 heterocycles.